The third kappa shape index (κ3) is 1.28. The lowest BCUT2D eigenvalue weighted by Gasteiger charge is -2.10. The van der Waals surface area contributed by atoms with Crippen LogP contribution in [0.25, 0.3) is 0 Å². The summed E-state index contributed by atoms with van der Waals surface area (Å²) in [6.07, 6.45) is 1.16. The van der Waals surface area contributed by atoms with E-state index in [0.717, 1.165) is 6.42 Å². The second-order valence-electron chi connectivity index (χ2n) is 4.36. The number of nitrogens with two attached hydrogens (primary N) is 1. The van der Waals surface area contributed by atoms with Gasteiger partial charge in [-0.3, -0.25) is 0 Å². The van der Waals surface area contributed by atoms with Crippen LogP contribution >= 0.6 is 0 Å². The molecule has 1 aromatic carbocycles. The molecule has 1 aliphatic rings. The molecule has 2 rings (SSSR count). The highest BCUT2D eigenvalue weighted by atomic mass is 14.7. The highest BCUT2D eigenvalue weighted by Gasteiger charge is 2.27. The Hall–Kier alpha value is -0.820. The number of fused-ring (bicyclic) bond motifs is 1. The van der Waals surface area contributed by atoms with E-state index in [2.05, 4.69) is 32.9 Å². The zero-order valence-corrected chi connectivity index (χ0v) is 8.59. The second kappa shape index (κ2) is 2.85. The molecule has 1 aromatic rings. The fourth-order valence-electron chi connectivity index (χ4n) is 2.36. The van der Waals surface area contributed by atoms with Gasteiger partial charge in [0, 0.05) is 6.04 Å². The molecule has 1 aliphatic carbocycles. The average molecular weight is 175 g/mol. The van der Waals surface area contributed by atoms with Crippen molar-refractivity contribution in [3.05, 3.63) is 34.4 Å². The van der Waals surface area contributed by atoms with Gasteiger partial charge in [-0.2, -0.15) is 0 Å². The third-order valence-electron chi connectivity index (χ3n) is 3.15. The van der Waals surface area contributed by atoms with E-state index in [1.54, 1.807) is 0 Å². The minimum atomic E-state index is 0.258. The minimum Gasteiger partial charge on any atom is -0.324 e. The highest BCUT2D eigenvalue weighted by Crippen LogP contribution is 2.36. The van der Waals surface area contributed by atoms with Gasteiger partial charge in [-0.05, 0) is 42.9 Å². The summed E-state index contributed by atoms with van der Waals surface area (Å²) in [5.41, 5.74) is 11.7. The third-order valence-corrected chi connectivity index (χ3v) is 3.15. The van der Waals surface area contributed by atoms with E-state index in [-0.39, 0.29) is 6.04 Å². The van der Waals surface area contributed by atoms with Crippen LogP contribution < -0.4 is 5.73 Å². The molecule has 0 bridgehead atoms. The summed E-state index contributed by atoms with van der Waals surface area (Å²) in [6.45, 7) is 6.57. The Bertz CT molecular complexity index is 341. The lowest BCUT2D eigenvalue weighted by molar-refractivity contribution is 0.513. The van der Waals surface area contributed by atoms with Crippen LogP contribution in [0.5, 0.6) is 0 Å². The fraction of sp³-hybridized carbons (Fsp3) is 0.500. The first-order valence-electron chi connectivity index (χ1n) is 4.95. The zero-order valence-electron chi connectivity index (χ0n) is 8.59. The molecule has 0 spiro atoms. The molecular formula is C12H17N. The standard InChI is InChI=1S/C12H17N/c1-7-4-8(2)10-6-9(3)12(13)11(10)5-7/h4-5,9,12H,6,13H2,1-3H3. The van der Waals surface area contributed by atoms with Gasteiger partial charge in [0.2, 0.25) is 0 Å². The van der Waals surface area contributed by atoms with Crippen molar-refractivity contribution in [3.63, 3.8) is 0 Å². The summed E-state index contributed by atoms with van der Waals surface area (Å²) in [5.74, 6) is 0.607. The van der Waals surface area contributed by atoms with Crippen LogP contribution in [-0.4, -0.2) is 0 Å². The Morgan fingerprint density at radius 1 is 1.31 bits per heavy atom. The SMILES string of the molecule is Cc1cc(C)c2c(c1)C(N)C(C)C2. The van der Waals surface area contributed by atoms with Gasteiger partial charge >= 0.3 is 0 Å². The lowest BCUT2D eigenvalue weighted by Crippen LogP contribution is -2.13. The van der Waals surface area contributed by atoms with Crippen LogP contribution in [0.3, 0.4) is 0 Å². The molecule has 0 radical (unpaired) electrons. The van der Waals surface area contributed by atoms with Gasteiger partial charge in [-0.25, -0.2) is 0 Å². The Labute approximate surface area is 80.0 Å². The summed E-state index contributed by atoms with van der Waals surface area (Å²) in [6, 6.07) is 4.76. The van der Waals surface area contributed by atoms with Crippen molar-refractivity contribution in [1.82, 2.24) is 0 Å². The Morgan fingerprint density at radius 3 is 2.69 bits per heavy atom. The molecule has 13 heavy (non-hydrogen) atoms. The normalized spacial score (nSPS) is 26.2. The molecule has 0 fully saturated rings. The van der Waals surface area contributed by atoms with E-state index in [1.165, 1.54) is 22.3 Å². The van der Waals surface area contributed by atoms with E-state index < -0.39 is 0 Å². The quantitative estimate of drug-likeness (QED) is 0.644. The maximum absolute atomic E-state index is 6.13. The van der Waals surface area contributed by atoms with Crippen molar-refractivity contribution in [3.8, 4) is 0 Å². The molecule has 0 heterocycles. The van der Waals surface area contributed by atoms with Gasteiger partial charge in [-0.1, -0.05) is 24.6 Å². The Kier molecular flexibility index (Phi) is 1.92. The van der Waals surface area contributed by atoms with Gasteiger partial charge < -0.3 is 5.73 Å². The van der Waals surface area contributed by atoms with Gasteiger partial charge in [0.05, 0.1) is 0 Å². The number of benzene rings is 1. The van der Waals surface area contributed by atoms with Crippen molar-refractivity contribution < 1.29 is 0 Å². The number of rotatable bonds is 0. The van der Waals surface area contributed by atoms with E-state index in [1.807, 2.05) is 0 Å². The van der Waals surface area contributed by atoms with E-state index in [4.69, 9.17) is 5.73 Å². The molecule has 0 amide bonds. The van der Waals surface area contributed by atoms with Crippen LogP contribution in [0.1, 0.15) is 35.2 Å². The number of hydrogen-bond donors (Lipinski definition) is 1. The molecule has 70 valence electrons. The number of hydrogen-bond acceptors (Lipinski definition) is 1. The first kappa shape index (κ1) is 8.76. The molecule has 2 N–H and O–H groups in total. The highest BCUT2D eigenvalue weighted by molar-refractivity contribution is 5.43. The first-order chi connectivity index (χ1) is 6.09. The number of aryl methyl sites for hydroxylation is 2. The topological polar surface area (TPSA) is 26.0 Å². The summed E-state index contributed by atoms with van der Waals surface area (Å²) in [5, 5.41) is 0. The summed E-state index contributed by atoms with van der Waals surface area (Å²) in [4.78, 5) is 0. The predicted molar refractivity (Wildman–Crippen MR) is 55.7 cm³/mol. The van der Waals surface area contributed by atoms with Gasteiger partial charge in [-0.15, -0.1) is 0 Å². The predicted octanol–water partition coefficient (Wildman–Crippen LogP) is 2.50. The molecule has 1 nitrogen and oxygen atoms in total. The maximum Gasteiger partial charge on any atom is 0.0326 e. The van der Waals surface area contributed by atoms with Crippen molar-refractivity contribution in [2.75, 3.05) is 0 Å². The molecule has 2 atom stereocenters. The smallest absolute Gasteiger partial charge is 0.0326 e. The van der Waals surface area contributed by atoms with Crippen LogP contribution in [-0.2, 0) is 6.42 Å². The maximum atomic E-state index is 6.13. The van der Waals surface area contributed by atoms with Gasteiger partial charge in [0.25, 0.3) is 0 Å². The zero-order chi connectivity index (χ0) is 9.59. The van der Waals surface area contributed by atoms with Gasteiger partial charge in [0.15, 0.2) is 0 Å². The van der Waals surface area contributed by atoms with Crippen LogP contribution in [0.15, 0.2) is 12.1 Å². The Morgan fingerprint density at radius 2 is 2.00 bits per heavy atom. The van der Waals surface area contributed by atoms with E-state index in [0.29, 0.717) is 5.92 Å². The molecule has 1 heteroatoms. The van der Waals surface area contributed by atoms with Crippen molar-refractivity contribution in [2.24, 2.45) is 11.7 Å². The molecule has 0 saturated heterocycles. The van der Waals surface area contributed by atoms with Crippen molar-refractivity contribution >= 4 is 0 Å². The monoisotopic (exact) mass is 175 g/mol. The summed E-state index contributed by atoms with van der Waals surface area (Å²) >= 11 is 0. The fourth-order valence-corrected chi connectivity index (χ4v) is 2.36. The van der Waals surface area contributed by atoms with Crippen LogP contribution in [0.4, 0.5) is 0 Å². The summed E-state index contributed by atoms with van der Waals surface area (Å²) < 4.78 is 0. The molecule has 0 saturated carbocycles. The van der Waals surface area contributed by atoms with Gasteiger partial charge in [0.1, 0.15) is 0 Å². The molecule has 2 unspecified atom stereocenters. The molecule has 0 aliphatic heterocycles. The average Bonchev–Trinajstić information content (AvgIpc) is 2.32. The van der Waals surface area contributed by atoms with Crippen LogP contribution in [0.2, 0.25) is 0 Å². The minimum absolute atomic E-state index is 0.258. The van der Waals surface area contributed by atoms with Crippen LogP contribution in [0, 0.1) is 19.8 Å². The van der Waals surface area contributed by atoms with Crippen molar-refractivity contribution in [2.45, 2.75) is 33.2 Å². The van der Waals surface area contributed by atoms with E-state index >= 15 is 0 Å². The largest absolute Gasteiger partial charge is 0.324 e. The Balaban J connectivity index is 2.57. The summed E-state index contributed by atoms with van der Waals surface area (Å²) in [7, 11) is 0. The molecule has 0 aromatic heterocycles. The molecular weight excluding hydrogens is 158 g/mol. The van der Waals surface area contributed by atoms with Crippen molar-refractivity contribution in [1.29, 1.82) is 0 Å². The lowest BCUT2D eigenvalue weighted by atomic mass is 10.0. The second-order valence-corrected chi connectivity index (χ2v) is 4.36. The first-order valence-corrected chi connectivity index (χ1v) is 4.95. The van der Waals surface area contributed by atoms with E-state index in [9.17, 15) is 0 Å².